The van der Waals surface area contributed by atoms with Crippen LogP contribution in [0.1, 0.15) is 23.0 Å². The van der Waals surface area contributed by atoms with Gasteiger partial charge in [-0.1, -0.05) is 30.3 Å². The van der Waals surface area contributed by atoms with Crippen LogP contribution in [0, 0.1) is 0 Å². The molecule has 4 rings (SSSR count). The number of para-hydroxylation sites is 2. The summed E-state index contributed by atoms with van der Waals surface area (Å²) in [6.45, 7) is 2.52. The molecule has 0 bridgehead atoms. The summed E-state index contributed by atoms with van der Waals surface area (Å²) in [5.41, 5.74) is 1.66. The maximum absolute atomic E-state index is 12.7. The van der Waals surface area contributed by atoms with Crippen LogP contribution in [0.15, 0.2) is 84.2 Å². The fourth-order valence-electron chi connectivity index (χ4n) is 3.12. The van der Waals surface area contributed by atoms with Gasteiger partial charge < -0.3 is 14.8 Å². The number of anilines is 2. The first-order valence-corrected chi connectivity index (χ1v) is 11.6. The summed E-state index contributed by atoms with van der Waals surface area (Å²) in [7, 11) is 0. The summed E-state index contributed by atoms with van der Waals surface area (Å²) < 4.78 is 11.4. The topological polar surface area (TPSA) is 89.5 Å². The van der Waals surface area contributed by atoms with Crippen molar-refractivity contribution in [2.24, 2.45) is 0 Å². The lowest BCUT2D eigenvalue weighted by atomic mass is 10.2. The van der Waals surface area contributed by atoms with Gasteiger partial charge in [-0.3, -0.25) is 14.9 Å². The van der Waals surface area contributed by atoms with Gasteiger partial charge in [0.05, 0.1) is 24.4 Å². The van der Waals surface area contributed by atoms with Gasteiger partial charge in [0, 0.05) is 10.9 Å². The van der Waals surface area contributed by atoms with Crippen LogP contribution >= 0.6 is 11.3 Å². The zero-order valence-corrected chi connectivity index (χ0v) is 19.3. The Hall–Kier alpha value is -4.17. The molecule has 0 aliphatic carbocycles. The molecule has 2 N–H and O–H groups in total. The van der Waals surface area contributed by atoms with Gasteiger partial charge in [0.25, 0.3) is 5.91 Å². The Kier molecular flexibility index (Phi) is 7.52. The van der Waals surface area contributed by atoms with Crippen LogP contribution in [-0.2, 0) is 11.2 Å². The monoisotopic (exact) mass is 473 g/mol. The van der Waals surface area contributed by atoms with E-state index >= 15 is 0 Å². The molecule has 0 spiro atoms. The van der Waals surface area contributed by atoms with Gasteiger partial charge in [0.15, 0.2) is 10.9 Å². The number of hydrogen-bond acceptors (Lipinski definition) is 6. The van der Waals surface area contributed by atoms with Gasteiger partial charge in [-0.2, -0.15) is 0 Å². The fourth-order valence-corrected chi connectivity index (χ4v) is 3.83. The minimum Gasteiger partial charge on any atom is -0.494 e. The molecule has 2 amide bonds. The molecule has 172 valence electrons. The number of aromatic nitrogens is 1. The Morgan fingerprint density at radius 2 is 1.59 bits per heavy atom. The molecule has 0 fully saturated rings. The zero-order chi connectivity index (χ0) is 23.8. The van der Waals surface area contributed by atoms with Gasteiger partial charge >= 0.3 is 0 Å². The van der Waals surface area contributed by atoms with E-state index in [1.807, 2.05) is 49.4 Å². The maximum Gasteiger partial charge on any atom is 0.257 e. The number of ether oxygens (including phenoxy) is 2. The predicted octanol–water partition coefficient (Wildman–Crippen LogP) is 5.77. The summed E-state index contributed by atoms with van der Waals surface area (Å²) in [5, 5.41) is 7.83. The van der Waals surface area contributed by atoms with Gasteiger partial charge in [-0.15, -0.1) is 11.3 Å². The maximum atomic E-state index is 12.7. The van der Waals surface area contributed by atoms with E-state index in [2.05, 4.69) is 15.6 Å². The average Bonchev–Trinajstić information content (AvgIpc) is 3.28. The molecule has 34 heavy (non-hydrogen) atoms. The number of hydrogen-bond donors (Lipinski definition) is 2. The molecule has 7 nitrogen and oxygen atoms in total. The highest BCUT2D eigenvalue weighted by Gasteiger charge is 2.13. The van der Waals surface area contributed by atoms with Crippen molar-refractivity contribution in [1.29, 1.82) is 0 Å². The fraction of sp³-hybridized carbons (Fsp3) is 0.115. The molecule has 0 atom stereocenters. The summed E-state index contributed by atoms with van der Waals surface area (Å²) in [6.07, 6.45) is 0.0646. The molecular formula is C26H23N3O4S. The van der Waals surface area contributed by atoms with Crippen LogP contribution in [0.4, 0.5) is 10.8 Å². The van der Waals surface area contributed by atoms with E-state index in [1.54, 1.807) is 41.8 Å². The van der Waals surface area contributed by atoms with Gasteiger partial charge in [0.1, 0.15) is 11.5 Å². The quantitative estimate of drug-likeness (QED) is 0.322. The Bertz CT molecular complexity index is 1260. The Labute approximate surface area is 201 Å². The van der Waals surface area contributed by atoms with Crippen LogP contribution < -0.4 is 20.1 Å². The van der Waals surface area contributed by atoms with Gasteiger partial charge in [0.2, 0.25) is 5.91 Å². The highest BCUT2D eigenvalue weighted by Crippen LogP contribution is 2.30. The molecule has 8 heteroatoms. The molecule has 0 aliphatic rings. The number of nitrogens with one attached hydrogen (secondary N) is 2. The normalized spacial score (nSPS) is 10.4. The number of amides is 2. The summed E-state index contributed by atoms with van der Waals surface area (Å²) >= 11 is 1.27. The highest BCUT2D eigenvalue weighted by molar-refractivity contribution is 7.14. The molecule has 0 radical (unpaired) electrons. The minimum atomic E-state index is -0.244. The number of carbonyl (C=O) groups excluding carboxylic acids is 2. The Morgan fingerprint density at radius 1 is 0.882 bits per heavy atom. The van der Waals surface area contributed by atoms with E-state index < -0.39 is 0 Å². The van der Waals surface area contributed by atoms with Crippen molar-refractivity contribution in [3.63, 3.8) is 0 Å². The Balaban J connectivity index is 1.36. The third-order valence-electron chi connectivity index (χ3n) is 4.67. The van der Waals surface area contributed by atoms with Crippen molar-refractivity contribution < 1.29 is 19.1 Å². The van der Waals surface area contributed by atoms with Crippen LogP contribution in [0.3, 0.4) is 0 Å². The molecule has 0 saturated carbocycles. The van der Waals surface area contributed by atoms with E-state index in [1.165, 1.54) is 11.3 Å². The molecule has 0 unspecified atom stereocenters. The molecule has 1 heterocycles. The number of nitrogens with zero attached hydrogens (tertiary/aromatic N) is 1. The standard InChI is InChI=1S/C26H23N3O4S/c1-2-32-20-12-14-21(15-13-20)33-23-11-7-6-10-22(23)28-24(30)16-19-17-34-26(27-19)29-25(31)18-8-4-3-5-9-18/h3-15,17H,2,16H2,1H3,(H,28,30)(H,27,29,31). The van der Waals surface area contributed by atoms with Crippen molar-refractivity contribution >= 4 is 34.0 Å². The van der Waals surface area contributed by atoms with Crippen LogP contribution in [0.25, 0.3) is 0 Å². The van der Waals surface area contributed by atoms with Crippen LogP contribution in [0.5, 0.6) is 17.2 Å². The van der Waals surface area contributed by atoms with Crippen LogP contribution in [-0.4, -0.2) is 23.4 Å². The van der Waals surface area contributed by atoms with Crippen molar-refractivity contribution in [1.82, 2.24) is 4.98 Å². The minimum absolute atomic E-state index is 0.0646. The second kappa shape index (κ2) is 11.1. The first-order chi connectivity index (χ1) is 16.6. The predicted molar refractivity (Wildman–Crippen MR) is 133 cm³/mol. The SMILES string of the molecule is CCOc1ccc(Oc2ccccc2NC(=O)Cc2csc(NC(=O)c3ccccc3)n2)cc1. The van der Waals surface area contributed by atoms with Crippen molar-refractivity contribution in [3.8, 4) is 17.2 Å². The summed E-state index contributed by atoms with van der Waals surface area (Å²) in [4.78, 5) is 29.3. The van der Waals surface area contributed by atoms with E-state index in [0.29, 0.717) is 40.2 Å². The second-order valence-corrected chi connectivity index (χ2v) is 8.05. The van der Waals surface area contributed by atoms with Gasteiger partial charge in [-0.05, 0) is 55.5 Å². The lowest BCUT2D eigenvalue weighted by molar-refractivity contribution is -0.115. The lowest BCUT2D eigenvalue weighted by Gasteiger charge is -2.12. The highest BCUT2D eigenvalue weighted by atomic mass is 32.1. The first-order valence-electron chi connectivity index (χ1n) is 10.7. The van der Waals surface area contributed by atoms with E-state index in [0.717, 1.165) is 5.75 Å². The van der Waals surface area contributed by atoms with Crippen molar-refractivity contribution in [2.45, 2.75) is 13.3 Å². The number of carbonyl (C=O) groups is 2. The number of benzene rings is 3. The third-order valence-corrected chi connectivity index (χ3v) is 5.48. The van der Waals surface area contributed by atoms with E-state index in [9.17, 15) is 9.59 Å². The molecule has 0 saturated heterocycles. The molecule has 4 aromatic rings. The number of thiazole rings is 1. The lowest BCUT2D eigenvalue weighted by Crippen LogP contribution is -2.15. The summed E-state index contributed by atoms with van der Waals surface area (Å²) in [5.74, 6) is 1.43. The van der Waals surface area contributed by atoms with Crippen molar-refractivity contribution in [2.75, 3.05) is 17.2 Å². The van der Waals surface area contributed by atoms with Crippen LogP contribution in [0.2, 0.25) is 0 Å². The molecular weight excluding hydrogens is 450 g/mol. The van der Waals surface area contributed by atoms with E-state index in [4.69, 9.17) is 9.47 Å². The molecule has 3 aromatic carbocycles. The largest absolute Gasteiger partial charge is 0.494 e. The van der Waals surface area contributed by atoms with Gasteiger partial charge in [-0.25, -0.2) is 4.98 Å². The zero-order valence-electron chi connectivity index (χ0n) is 18.5. The summed E-state index contributed by atoms with van der Waals surface area (Å²) in [6, 6.07) is 23.4. The Morgan fingerprint density at radius 3 is 2.35 bits per heavy atom. The molecule has 0 aliphatic heterocycles. The van der Waals surface area contributed by atoms with Crippen molar-refractivity contribution in [3.05, 3.63) is 95.5 Å². The smallest absolute Gasteiger partial charge is 0.257 e. The second-order valence-electron chi connectivity index (χ2n) is 7.19. The average molecular weight is 474 g/mol. The molecule has 1 aromatic heterocycles. The first kappa shape index (κ1) is 23.0. The third kappa shape index (κ3) is 6.20. The van der Waals surface area contributed by atoms with E-state index in [-0.39, 0.29) is 18.2 Å². The number of rotatable bonds is 9.